The van der Waals surface area contributed by atoms with Crippen LogP contribution >= 0.6 is 11.6 Å². The SMILES string of the molecule is O=C(O)C(F)(F)F.O=C(O)C=C1CCc2c(Cl)cccc21. The van der Waals surface area contributed by atoms with Crippen molar-refractivity contribution in [2.24, 2.45) is 0 Å². The lowest BCUT2D eigenvalue weighted by Gasteiger charge is -2.00. The lowest BCUT2D eigenvalue weighted by Crippen LogP contribution is -2.21. The number of hydrogen-bond acceptors (Lipinski definition) is 2. The zero-order chi connectivity index (χ0) is 16.2. The van der Waals surface area contributed by atoms with E-state index in [0.717, 1.165) is 34.6 Å². The highest BCUT2D eigenvalue weighted by molar-refractivity contribution is 6.31. The zero-order valence-corrected chi connectivity index (χ0v) is 11.2. The lowest BCUT2D eigenvalue weighted by atomic mass is 10.1. The Bertz CT molecular complexity index is 594. The molecular formula is C13H10ClF3O4. The molecule has 0 fully saturated rings. The van der Waals surface area contributed by atoms with Crippen LogP contribution in [-0.4, -0.2) is 28.3 Å². The van der Waals surface area contributed by atoms with E-state index in [1.54, 1.807) is 0 Å². The number of carboxylic acids is 2. The van der Waals surface area contributed by atoms with Crippen LogP contribution in [0.1, 0.15) is 17.5 Å². The van der Waals surface area contributed by atoms with Crippen molar-refractivity contribution in [2.45, 2.75) is 19.0 Å². The van der Waals surface area contributed by atoms with E-state index < -0.39 is 18.1 Å². The summed E-state index contributed by atoms with van der Waals surface area (Å²) < 4.78 is 31.7. The number of halogens is 4. The maximum atomic E-state index is 10.6. The molecule has 0 saturated heterocycles. The number of allylic oxidation sites excluding steroid dienone is 1. The molecule has 0 aliphatic heterocycles. The van der Waals surface area contributed by atoms with Crippen LogP contribution in [0.4, 0.5) is 13.2 Å². The number of hydrogen-bond donors (Lipinski definition) is 2. The number of aliphatic carboxylic acids is 2. The first-order valence-electron chi connectivity index (χ1n) is 5.64. The van der Waals surface area contributed by atoms with E-state index in [2.05, 4.69) is 0 Å². The van der Waals surface area contributed by atoms with Gasteiger partial charge in [0, 0.05) is 11.1 Å². The average Bonchev–Trinajstić information content (AvgIpc) is 2.73. The summed E-state index contributed by atoms with van der Waals surface area (Å²) in [6.07, 6.45) is -2.21. The summed E-state index contributed by atoms with van der Waals surface area (Å²) in [6.45, 7) is 0. The summed E-state index contributed by atoms with van der Waals surface area (Å²) in [4.78, 5) is 19.4. The summed E-state index contributed by atoms with van der Waals surface area (Å²) in [5.41, 5.74) is 2.93. The normalized spacial score (nSPS) is 15.1. The summed E-state index contributed by atoms with van der Waals surface area (Å²) in [5, 5.41) is 16.5. The minimum absolute atomic E-state index is 0.733. The monoisotopic (exact) mass is 322 g/mol. The van der Waals surface area contributed by atoms with Crippen molar-refractivity contribution in [3.05, 3.63) is 40.4 Å². The summed E-state index contributed by atoms with van der Waals surface area (Å²) in [5.74, 6) is -3.65. The number of rotatable bonds is 1. The van der Waals surface area contributed by atoms with Gasteiger partial charge < -0.3 is 10.2 Å². The topological polar surface area (TPSA) is 74.6 Å². The Morgan fingerprint density at radius 2 is 1.76 bits per heavy atom. The summed E-state index contributed by atoms with van der Waals surface area (Å²) in [6, 6.07) is 5.61. The van der Waals surface area contributed by atoms with Gasteiger partial charge in [0.1, 0.15) is 0 Å². The first-order chi connectivity index (χ1) is 9.62. The number of alkyl halides is 3. The van der Waals surface area contributed by atoms with Gasteiger partial charge in [0.25, 0.3) is 0 Å². The zero-order valence-electron chi connectivity index (χ0n) is 10.4. The third-order valence-electron chi connectivity index (χ3n) is 2.65. The molecule has 0 bridgehead atoms. The van der Waals surface area contributed by atoms with Gasteiger partial charge in [-0.2, -0.15) is 13.2 Å². The second kappa shape index (κ2) is 6.62. The van der Waals surface area contributed by atoms with Crippen molar-refractivity contribution >= 4 is 29.1 Å². The molecule has 0 spiro atoms. The van der Waals surface area contributed by atoms with Gasteiger partial charge in [-0.1, -0.05) is 23.7 Å². The van der Waals surface area contributed by atoms with Crippen LogP contribution in [0.15, 0.2) is 24.3 Å². The van der Waals surface area contributed by atoms with Gasteiger partial charge >= 0.3 is 18.1 Å². The van der Waals surface area contributed by atoms with Gasteiger partial charge in [-0.15, -0.1) is 0 Å². The Morgan fingerprint density at radius 3 is 2.24 bits per heavy atom. The van der Waals surface area contributed by atoms with Gasteiger partial charge in [-0.25, -0.2) is 9.59 Å². The number of benzene rings is 1. The second-order valence-electron chi connectivity index (χ2n) is 4.08. The molecule has 114 valence electrons. The molecule has 1 aromatic carbocycles. The summed E-state index contributed by atoms with van der Waals surface area (Å²) in [7, 11) is 0. The van der Waals surface area contributed by atoms with E-state index >= 15 is 0 Å². The Hall–Kier alpha value is -2.02. The Kier molecular flexibility index (Phi) is 5.37. The van der Waals surface area contributed by atoms with E-state index in [-0.39, 0.29) is 0 Å². The Labute approximate surface area is 122 Å². The van der Waals surface area contributed by atoms with Crippen molar-refractivity contribution in [1.82, 2.24) is 0 Å². The molecule has 4 nitrogen and oxygen atoms in total. The molecule has 0 aromatic heterocycles. The van der Waals surface area contributed by atoms with Gasteiger partial charge in [0.15, 0.2) is 0 Å². The highest BCUT2D eigenvalue weighted by Gasteiger charge is 2.38. The number of fused-ring (bicyclic) bond motifs is 1. The molecule has 2 N–H and O–H groups in total. The minimum Gasteiger partial charge on any atom is -0.478 e. The molecule has 0 heterocycles. The lowest BCUT2D eigenvalue weighted by molar-refractivity contribution is -0.192. The maximum absolute atomic E-state index is 10.6. The van der Waals surface area contributed by atoms with Crippen LogP contribution in [0.25, 0.3) is 5.57 Å². The highest BCUT2D eigenvalue weighted by Crippen LogP contribution is 2.35. The van der Waals surface area contributed by atoms with Crippen LogP contribution in [0.5, 0.6) is 0 Å². The third kappa shape index (κ3) is 4.78. The maximum Gasteiger partial charge on any atom is 0.490 e. The smallest absolute Gasteiger partial charge is 0.478 e. The fourth-order valence-electron chi connectivity index (χ4n) is 1.81. The van der Waals surface area contributed by atoms with E-state index in [9.17, 15) is 18.0 Å². The first kappa shape index (κ1) is 17.0. The van der Waals surface area contributed by atoms with Gasteiger partial charge in [0.05, 0.1) is 0 Å². The quantitative estimate of drug-likeness (QED) is 0.777. The largest absolute Gasteiger partial charge is 0.490 e. The molecule has 21 heavy (non-hydrogen) atoms. The van der Waals surface area contributed by atoms with E-state index in [4.69, 9.17) is 26.6 Å². The molecule has 2 rings (SSSR count). The fourth-order valence-corrected chi connectivity index (χ4v) is 2.08. The predicted molar refractivity (Wildman–Crippen MR) is 69.1 cm³/mol. The molecule has 0 amide bonds. The molecule has 0 saturated carbocycles. The molecular weight excluding hydrogens is 313 g/mol. The van der Waals surface area contributed by atoms with Crippen LogP contribution < -0.4 is 0 Å². The molecule has 1 aliphatic carbocycles. The second-order valence-corrected chi connectivity index (χ2v) is 4.48. The molecule has 8 heteroatoms. The van der Waals surface area contributed by atoms with Crippen molar-refractivity contribution in [3.8, 4) is 0 Å². The third-order valence-corrected chi connectivity index (χ3v) is 3.00. The molecule has 0 unspecified atom stereocenters. The highest BCUT2D eigenvalue weighted by atomic mass is 35.5. The van der Waals surface area contributed by atoms with Gasteiger partial charge in [0.2, 0.25) is 0 Å². The first-order valence-corrected chi connectivity index (χ1v) is 6.02. The van der Waals surface area contributed by atoms with Crippen LogP contribution in [0.2, 0.25) is 5.02 Å². The molecule has 0 radical (unpaired) electrons. The average molecular weight is 323 g/mol. The fraction of sp³-hybridized carbons (Fsp3) is 0.231. The van der Waals surface area contributed by atoms with Crippen molar-refractivity contribution < 1.29 is 33.0 Å². The van der Waals surface area contributed by atoms with Crippen LogP contribution in [0.3, 0.4) is 0 Å². The van der Waals surface area contributed by atoms with Crippen molar-refractivity contribution in [2.75, 3.05) is 0 Å². The van der Waals surface area contributed by atoms with Crippen LogP contribution in [-0.2, 0) is 16.0 Å². The Morgan fingerprint density at radius 1 is 1.19 bits per heavy atom. The van der Waals surface area contributed by atoms with Gasteiger partial charge in [-0.3, -0.25) is 0 Å². The van der Waals surface area contributed by atoms with Crippen molar-refractivity contribution in [3.63, 3.8) is 0 Å². The number of carboxylic acid groups (broad SMARTS) is 2. The molecule has 1 aliphatic rings. The van der Waals surface area contributed by atoms with E-state index in [1.165, 1.54) is 6.08 Å². The number of carbonyl (C=O) groups is 2. The van der Waals surface area contributed by atoms with Crippen LogP contribution in [0, 0.1) is 0 Å². The molecule has 0 atom stereocenters. The van der Waals surface area contributed by atoms with Gasteiger partial charge in [-0.05, 0) is 35.6 Å². The summed E-state index contributed by atoms with van der Waals surface area (Å²) >= 11 is 6.00. The Balaban J connectivity index is 0.000000270. The predicted octanol–water partition coefficient (Wildman–Crippen LogP) is 3.39. The standard InChI is InChI=1S/C11H9ClO2.C2HF3O2/c12-10-3-1-2-8-7(6-11(13)14)4-5-9(8)10;3-2(4,5)1(6)7/h1-3,6H,4-5H2,(H,13,14);(H,6,7). The minimum atomic E-state index is -5.08. The van der Waals surface area contributed by atoms with Crippen molar-refractivity contribution in [1.29, 1.82) is 0 Å². The molecule has 1 aromatic rings. The van der Waals surface area contributed by atoms with E-state index in [0.29, 0.717) is 0 Å². The van der Waals surface area contributed by atoms with E-state index in [1.807, 2.05) is 18.2 Å².